The second-order valence-electron chi connectivity index (χ2n) is 8.78. The minimum atomic E-state index is -0.256. The van der Waals surface area contributed by atoms with Crippen LogP contribution in [-0.2, 0) is 0 Å². The van der Waals surface area contributed by atoms with E-state index in [1.54, 1.807) is 17.1 Å². The van der Waals surface area contributed by atoms with Gasteiger partial charge in [0.1, 0.15) is 0 Å². The molecule has 0 aromatic carbocycles. The zero-order valence-corrected chi connectivity index (χ0v) is 18.4. The molecule has 1 fully saturated rings. The van der Waals surface area contributed by atoms with Gasteiger partial charge in [-0.15, -0.1) is 0 Å². The molecule has 1 saturated carbocycles. The van der Waals surface area contributed by atoms with Crippen LogP contribution in [0.25, 0.3) is 11.4 Å². The smallest absolute Gasteiger partial charge is 0.259 e. The van der Waals surface area contributed by atoms with Crippen LogP contribution in [0, 0.1) is 13.8 Å². The Labute approximate surface area is 187 Å². The number of allylic oxidation sites excluding steroid dienone is 1. The Morgan fingerprint density at radius 3 is 2.62 bits per heavy atom. The highest BCUT2D eigenvalue weighted by Gasteiger charge is 2.24. The van der Waals surface area contributed by atoms with Gasteiger partial charge >= 0.3 is 0 Å². The Balaban J connectivity index is 1.31. The van der Waals surface area contributed by atoms with Gasteiger partial charge in [-0.3, -0.25) is 9.78 Å². The first-order valence-corrected chi connectivity index (χ1v) is 11.2. The number of aliphatic hydroxyl groups excluding tert-OH is 1. The number of aromatic nitrogens is 4. The highest BCUT2D eigenvalue weighted by molar-refractivity contribution is 6.05. The van der Waals surface area contributed by atoms with E-state index in [0.717, 1.165) is 35.4 Å². The highest BCUT2D eigenvalue weighted by Crippen LogP contribution is 2.39. The van der Waals surface area contributed by atoms with Gasteiger partial charge in [-0.05, 0) is 80.7 Å². The summed E-state index contributed by atoms with van der Waals surface area (Å²) in [5.41, 5.74) is 6.24. The number of nitrogens with one attached hydrogen (secondary N) is 1. The summed E-state index contributed by atoms with van der Waals surface area (Å²) in [5, 5.41) is 17.0. The molecule has 5 rings (SSSR count). The van der Waals surface area contributed by atoms with Crippen LogP contribution in [0.5, 0.6) is 0 Å². The molecule has 0 aliphatic heterocycles. The summed E-state index contributed by atoms with van der Waals surface area (Å²) in [7, 11) is 0. The number of aliphatic hydroxyl groups is 1. The van der Waals surface area contributed by atoms with Crippen LogP contribution in [-0.4, -0.2) is 36.9 Å². The third-order valence-corrected chi connectivity index (χ3v) is 6.31. The van der Waals surface area contributed by atoms with Gasteiger partial charge in [-0.25, -0.2) is 9.67 Å². The maximum Gasteiger partial charge on any atom is 0.259 e. The average Bonchev–Trinajstić information content (AvgIpc) is 3.57. The van der Waals surface area contributed by atoms with Crippen molar-refractivity contribution in [2.75, 3.05) is 5.32 Å². The summed E-state index contributed by atoms with van der Waals surface area (Å²) in [4.78, 5) is 22.0. The van der Waals surface area contributed by atoms with Crippen LogP contribution in [0.2, 0.25) is 0 Å². The second-order valence-corrected chi connectivity index (χ2v) is 8.78. The van der Waals surface area contributed by atoms with Gasteiger partial charge in [0.15, 0.2) is 5.82 Å². The fraction of sp³-hybridized carbons (Fsp3) is 0.360. The van der Waals surface area contributed by atoms with Crippen LogP contribution < -0.4 is 5.32 Å². The molecule has 0 saturated heterocycles. The Morgan fingerprint density at radius 2 is 1.97 bits per heavy atom. The zero-order chi connectivity index (χ0) is 22.2. The van der Waals surface area contributed by atoms with E-state index < -0.39 is 0 Å². The first kappa shape index (κ1) is 20.6. The molecule has 164 valence electrons. The predicted octanol–water partition coefficient (Wildman–Crippen LogP) is 4.34. The fourth-order valence-corrected chi connectivity index (χ4v) is 4.26. The molecule has 7 heteroatoms. The molecule has 0 radical (unpaired) electrons. The van der Waals surface area contributed by atoms with Gasteiger partial charge in [0.25, 0.3) is 5.91 Å². The molecule has 2 aliphatic rings. The van der Waals surface area contributed by atoms with Crippen molar-refractivity contribution in [3.05, 3.63) is 70.9 Å². The molecule has 7 nitrogen and oxygen atoms in total. The number of pyridine rings is 2. The SMILES string of the molecule is Cc1cc(NC(=O)c2cnn(-c3ccc(C4CC4)cn3)c2C)cnc1C1=CCC(O)CC1. The number of rotatable bonds is 5. The molecule has 32 heavy (non-hydrogen) atoms. The summed E-state index contributed by atoms with van der Waals surface area (Å²) in [6.07, 6.45) is 11.7. The normalized spacial score (nSPS) is 18.3. The standard InChI is InChI=1S/C25H27N5O2/c1-15-11-20(13-27-24(15)18-5-8-21(31)9-6-18)29-25(32)22-14-28-30(16(22)2)23-10-7-19(12-26-23)17-3-4-17/h5,7,10-14,17,21,31H,3-4,6,8-9H2,1-2H3,(H,29,32). The molecule has 3 aromatic rings. The number of anilines is 1. The van der Waals surface area contributed by atoms with E-state index in [9.17, 15) is 9.90 Å². The summed E-state index contributed by atoms with van der Waals surface area (Å²) >= 11 is 0. The van der Waals surface area contributed by atoms with Crippen molar-refractivity contribution >= 4 is 17.2 Å². The van der Waals surface area contributed by atoms with E-state index in [-0.39, 0.29) is 12.0 Å². The van der Waals surface area contributed by atoms with Gasteiger partial charge in [-0.1, -0.05) is 12.1 Å². The van der Waals surface area contributed by atoms with Crippen LogP contribution >= 0.6 is 0 Å². The quantitative estimate of drug-likeness (QED) is 0.629. The maximum absolute atomic E-state index is 12.9. The van der Waals surface area contributed by atoms with Gasteiger partial charge in [-0.2, -0.15) is 5.10 Å². The van der Waals surface area contributed by atoms with Crippen molar-refractivity contribution in [1.29, 1.82) is 0 Å². The summed E-state index contributed by atoms with van der Waals surface area (Å²) in [6, 6.07) is 5.99. The van der Waals surface area contributed by atoms with Gasteiger partial charge in [0.2, 0.25) is 0 Å². The van der Waals surface area contributed by atoms with Crippen molar-refractivity contribution in [1.82, 2.24) is 19.7 Å². The number of nitrogens with zero attached hydrogens (tertiary/aromatic N) is 4. The lowest BCUT2D eigenvalue weighted by Crippen LogP contribution is -2.14. The lowest BCUT2D eigenvalue weighted by molar-refractivity contribution is 0.102. The Morgan fingerprint density at radius 1 is 1.12 bits per heavy atom. The van der Waals surface area contributed by atoms with Crippen molar-refractivity contribution in [3.8, 4) is 5.82 Å². The number of amides is 1. The van der Waals surface area contributed by atoms with Gasteiger partial charge in [0.05, 0.1) is 41.1 Å². The lowest BCUT2D eigenvalue weighted by Gasteiger charge is -2.18. The number of carbonyl (C=O) groups excluding carboxylic acids is 1. The Bertz CT molecular complexity index is 1190. The van der Waals surface area contributed by atoms with Gasteiger partial charge in [0, 0.05) is 6.20 Å². The molecule has 3 aromatic heterocycles. The van der Waals surface area contributed by atoms with Crippen LogP contribution in [0.1, 0.15) is 70.9 Å². The highest BCUT2D eigenvalue weighted by atomic mass is 16.3. The summed E-state index contributed by atoms with van der Waals surface area (Å²) < 4.78 is 1.70. The molecule has 0 bridgehead atoms. The van der Waals surface area contributed by atoms with Crippen LogP contribution in [0.3, 0.4) is 0 Å². The van der Waals surface area contributed by atoms with Crippen LogP contribution in [0.15, 0.2) is 42.9 Å². The number of aryl methyl sites for hydroxylation is 1. The molecule has 1 unspecified atom stereocenters. The van der Waals surface area contributed by atoms with E-state index in [1.807, 2.05) is 32.2 Å². The monoisotopic (exact) mass is 429 g/mol. The van der Waals surface area contributed by atoms with E-state index >= 15 is 0 Å². The van der Waals surface area contributed by atoms with Crippen LogP contribution in [0.4, 0.5) is 5.69 Å². The molecule has 2 N–H and O–H groups in total. The average molecular weight is 430 g/mol. The minimum Gasteiger partial charge on any atom is -0.393 e. The Hall–Kier alpha value is -3.32. The molecular weight excluding hydrogens is 402 g/mol. The van der Waals surface area contributed by atoms with Crippen molar-refractivity contribution < 1.29 is 9.90 Å². The first-order valence-electron chi connectivity index (χ1n) is 11.2. The zero-order valence-electron chi connectivity index (χ0n) is 18.4. The maximum atomic E-state index is 12.9. The minimum absolute atomic E-state index is 0.225. The third-order valence-electron chi connectivity index (χ3n) is 6.31. The predicted molar refractivity (Wildman–Crippen MR) is 123 cm³/mol. The molecule has 1 atom stereocenters. The number of hydrogen-bond donors (Lipinski definition) is 2. The van der Waals surface area contributed by atoms with E-state index in [4.69, 9.17) is 0 Å². The van der Waals surface area contributed by atoms with Crippen molar-refractivity contribution in [3.63, 3.8) is 0 Å². The molecule has 3 heterocycles. The molecule has 0 spiro atoms. The van der Waals surface area contributed by atoms with E-state index in [0.29, 0.717) is 29.4 Å². The second kappa shape index (κ2) is 8.31. The first-order chi connectivity index (χ1) is 15.5. The molecular formula is C25H27N5O2. The van der Waals surface area contributed by atoms with Crippen molar-refractivity contribution in [2.24, 2.45) is 0 Å². The van der Waals surface area contributed by atoms with Gasteiger partial charge < -0.3 is 10.4 Å². The largest absolute Gasteiger partial charge is 0.393 e. The third kappa shape index (κ3) is 4.08. The fourth-order valence-electron chi connectivity index (χ4n) is 4.26. The topological polar surface area (TPSA) is 92.9 Å². The van der Waals surface area contributed by atoms with E-state index in [1.165, 1.54) is 18.4 Å². The number of carbonyl (C=O) groups is 1. The summed E-state index contributed by atoms with van der Waals surface area (Å²) in [5.74, 6) is 1.14. The Kier molecular flexibility index (Phi) is 5.35. The molecule has 2 aliphatic carbocycles. The summed E-state index contributed by atoms with van der Waals surface area (Å²) in [6.45, 7) is 3.86. The lowest BCUT2D eigenvalue weighted by atomic mass is 9.93. The molecule has 1 amide bonds. The van der Waals surface area contributed by atoms with E-state index in [2.05, 4.69) is 32.5 Å². The van der Waals surface area contributed by atoms with Crippen molar-refractivity contribution in [2.45, 2.75) is 58.0 Å². The number of hydrogen-bond acceptors (Lipinski definition) is 5.